The fourth-order valence-corrected chi connectivity index (χ4v) is 1.69. The first-order valence-corrected chi connectivity index (χ1v) is 5.82. The molecule has 0 radical (unpaired) electrons. The number of hydrogen-bond acceptors (Lipinski definition) is 4. The Bertz CT molecular complexity index is 403. The molecule has 0 spiro atoms. The summed E-state index contributed by atoms with van der Waals surface area (Å²) >= 11 is 0. The molecule has 0 saturated heterocycles. The Morgan fingerprint density at radius 1 is 1.06 bits per heavy atom. The molecule has 0 heterocycles. The number of unbranched alkanes of at least 4 members (excludes halogenated alkanes) is 1. The van der Waals surface area contributed by atoms with E-state index in [1.54, 1.807) is 7.05 Å². The summed E-state index contributed by atoms with van der Waals surface area (Å²) in [6.07, 6.45) is 3.38. The van der Waals surface area contributed by atoms with E-state index in [-0.39, 0.29) is 0 Å². The summed E-state index contributed by atoms with van der Waals surface area (Å²) in [6.45, 7) is 5.15. The summed E-state index contributed by atoms with van der Waals surface area (Å²) in [5.41, 5.74) is 0.0753. The molecule has 0 aliphatic rings. The third-order valence-electron chi connectivity index (χ3n) is 2.67. The van der Waals surface area contributed by atoms with E-state index in [0.29, 0.717) is 11.4 Å². The Balaban J connectivity index is 2.30. The van der Waals surface area contributed by atoms with Crippen LogP contribution in [0.5, 0.6) is 0 Å². The molecule has 1 rings (SSSR count). The minimum Gasteiger partial charge on any atom is -0.383 e. The summed E-state index contributed by atoms with van der Waals surface area (Å²) in [7, 11) is 1.65. The molecule has 0 bridgehead atoms. The van der Waals surface area contributed by atoms with Crippen molar-refractivity contribution in [1.82, 2.24) is 0 Å². The number of hydrogen-bond donors (Lipinski definition) is 2. The van der Waals surface area contributed by atoms with Gasteiger partial charge in [0.2, 0.25) is 0 Å². The van der Waals surface area contributed by atoms with Gasteiger partial charge in [0.15, 0.2) is 0 Å². The van der Waals surface area contributed by atoms with Crippen LogP contribution in [0.4, 0.5) is 11.4 Å². The zero-order chi connectivity index (χ0) is 12.1. The molecule has 0 aliphatic heterocycles. The van der Waals surface area contributed by atoms with Gasteiger partial charge in [-0.15, -0.1) is 0 Å². The Kier molecular flexibility index (Phi) is 4.52. The Morgan fingerprint density at radius 3 is 2.25 bits per heavy atom. The van der Waals surface area contributed by atoms with Crippen LogP contribution < -0.4 is 21.5 Å². The van der Waals surface area contributed by atoms with Crippen molar-refractivity contribution in [2.24, 2.45) is 5.92 Å². The van der Waals surface area contributed by atoms with Gasteiger partial charge in [-0.1, -0.05) is 26.7 Å². The average molecular weight is 224 g/mol. The van der Waals surface area contributed by atoms with Crippen LogP contribution in [-0.2, 0) is 0 Å². The van der Waals surface area contributed by atoms with Crippen LogP contribution in [0, 0.1) is 5.92 Å². The fraction of sp³-hybridized carbons (Fsp3) is 0.667. The lowest BCUT2D eigenvalue weighted by Gasteiger charge is -2.12. The topological polar surface area (TPSA) is 58.2 Å². The lowest BCUT2D eigenvalue weighted by molar-refractivity contribution is 0.545. The maximum absolute atomic E-state index is 11.2. The predicted molar refractivity (Wildman–Crippen MR) is 68.1 cm³/mol. The molecule has 0 aromatic heterocycles. The van der Waals surface area contributed by atoms with E-state index in [9.17, 15) is 9.59 Å². The first-order valence-electron chi connectivity index (χ1n) is 5.82. The van der Waals surface area contributed by atoms with Crippen molar-refractivity contribution in [1.29, 1.82) is 0 Å². The van der Waals surface area contributed by atoms with Gasteiger partial charge >= 0.3 is 0 Å². The number of rotatable bonds is 7. The van der Waals surface area contributed by atoms with Crippen LogP contribution in [0.3, 0.4) is 0 Å². The molecule has 0 atom stereocenters. The van der Waals surface area contributed by atoms with E-state index in [0.717, 1.165) is 25.3 Å². The highest BCUT2D eigenvalue weighted by Crippen LogP contribution is 2.13. The quantitative estimate of drug-likeness (QED) is 0.545. The second-order valence-corrected chi connectivity index (χ2v) is 4.47. The third-order valence-corrected chi connectivity index (χ3v) is 2.67. The van der Waals surface area contributed by atoms with Crippen molar-refractivity contribution in [3.63, 3.8) is 0 Å². The molecule has 4 nitrogen and oxygen atoms in total. The minimum absolute atomic E-state index is 0.395. The van der Waals surface area contributed by atoms with Crippen molar-refractivity contribution in [2.45, 2.75) is 33.1 Å². The third kappa shape index (κ3) is 2.84. The molecular weight excluding hydrogens is 204 g/mol. The molecule has 4 heteroatoms. The van der Waals surface area contributed by atoms with Gasteiger partial charge in [-0.05, 0) is 12.3 Å². The van der Waals surface area contributed by atoms with Crippen molar-refractivity contribution < 1.29 is 0 Å². The minimum atomic E-state index is -0.410. The standard InChI is InChI=1S/C12H20N2O2/c1-8(2)6-4-5-7-14-10-9(13-3)11(15)12(10)16/h8,13-14H,4-7H2,1-3H3. The number of nitrogens with one attached hydrogen (secondary N) is 2. The second-order valence-electron chi connectivity index (χ2n) is 4.47. The van der Waals surface area contributed by atoms with E-state index in [4.69, 9.17) is 0 Å². The maximum atomic E-state index is 11.2. The normalized spacial score (nSPS) is 11.0. The highest BCUT2D eigenvalue weighted by atomic mass is 16.2. The zero-order valence-electron chi connectivity index (χ0n) is 10.2. The molecule has 0 aliphatic carbocycles. The molecule has 2 N–H and O–H groups in total. The molecule has 1 aromatic carbocycles. The van der Waals surface area contributed by atoms with Gasteiger partial charge in [0, 0.05) is 13.6 Å². The lowest BCUT2D eigenvalue weighted by Crippen LogP contribution is -2.36. The van der Waals surface area contributed by atoms with Gasteiger partial charge in [0.1, 0.15) is 11.4 Å². The van der Waals surface area contributed by atoms with E-state index in [2.05, 4.69) is 24.5 Å². The number of anilines is 2. The maximum Gasteiger partial charge on any atom is 0.253 e. The smallest absolute Gasteiger partial charge is 0.253 e. The fourth-order valence-electron chi connectivity index (χ4n) is 1.69. The Morgan fingerprint density at radius 2 is 1.69 bits per heavy atom. The van der Waals surface area contributed by atoms with Gasteiger partial charge in [-0.25, -0.2) is 0 Å². The van der Waals surface area contributed by atoms with Crippen molar-refractivity contribution >= 4 is 11.4 Å². The summed E-state index contributed by atoms with van der Waals surface area (Å²) in [4.78, 5) is 22.3. The molecule has 0 saturated carbocycles. The van der Waals surface area contributed by atoms with E-state index < -0.39 is 10.9 Å². The zero-order valence-corrected chi connectivity index (χ0v) is 10.2. The van der Waals surface area contributed by atoms with Crippen molar-refractivity contribution in [3.8, 4) is 0 Å². The van der Waals surface area contributed by atoms with Crippen LogP contribution >= 0.6 is 0 Å². The molecule has 0 fully saturated rings. The van der Waals surface area contributed by atoms with Crippen LogP contribution in [0.1, 0.15) is 33.1 Å². The SMILES string of the molecule is CNc1c(NCCCCC(C)C)c(=O)c1=O. The van der Waals surface area contributed by atoms with Gasteiger partial charge < -0.3 is 10.6 Å². The molecule has 0 unspecified atom stereocenters. The first-order chi connectivity index (χ1) is 7.57. The summed E-state index contributed by atoms with van der Waals surface area (Å²) in [5.74, 6) is 0.721. The molecule has 1 aromatic rings. The Labute approximate surface area is 95.8 Å². The summed E-state index contributed by atoms with van der Waals surface area (Å²) in [6, 6.07) is 0. The van der Waals surface area contributed by atoms with Crippen molar-refractivity contribution in [2.75, 3.05) is 24.2 Å². The molecular formula is C12H20N2O2. The van der Waals surface area contributed by atoms with Gasteiger partial charge in [-0.3, -0.25) is 9.59 Å². The highest BCUT2D eigenvalue weighted by molar-refractivity contribution is 5.73. The van der Waals surface area contributed by atoms with Gasteiger partial charge in [0.05, 0.1) is 0 Å². The summed E-state index contributed by atoms with van der Waals surface area (Å²) < 4.78 is 0. The first kappa shape index (κ1) is 12.7. The predicted octanol–water partition coefficient (Wildman–Crippen LogP) is 1.56. The van der Waals surface area contributed by atoms with Gasteiger partial charge in [-0.2, -0.15) is 0 Å². The second kappa shape index (κ2) is 5.68. The monoisotopic (exact) mass is 224 g/mol. The largest absolute Gasteiger partial charge is 0.383 e. The Hall–Kier alpha value is -1.32. The lowest BCUT2D eigenvalue weighted by atomic mass is 10.1. The average Bonchev–Trinajstić information content (AvgIpc) is 2.26. The van der Waals surface area contributed by atoms with Crippen LogP contribution in [0.15, 0.2) is 9.59 Å². The molecule has 90 valence electrons. The van der Waals surface area contributed by atoms with Gasteiger partial charge in [0.25, 0.3) is 10.9 Å². The van der Waals surface area contributed by atoms with Crippen molar-refractivity contribution in [3.05, 3.63) is 20.4 Å². The van der Waals surface area contributed by atoms with Crippen LogP contribution in [0.2, 0.25) is 0 Å². The highest BCUT2D eigenvalue weighted by Gasteiger charge is 2.18. The van der Waals surface area contributed by atoms with E-state index in [1.165, 1.54) is 6.42 Å². The van der Waals surface area contributed by atoms with Crippen LogP contribution in [0.25, 0.3) is 0 Å². The van der Waals surface area contributed by atoms with Crippen LogP contribution in [-0.4, -0.2) is 13.6 Å². The molecule has 0 amide bonds. The summed E-state index contributed by atoms with van der Waals surface area (Å²) in [5, 5.41) is 5.76. The van der Waals surface area contributed by atoms with E-state index >= 15 is 0 Å². The van der Waals surface area contributed by atoms with E-state index in [1.807, 2.05) is 0 Å². The molecule has 16 heavy (non-hydrogen) atoms.